The van der Waals surface area contributed by atoms with Gasteiger partial charge >= 0.3 is 0 Å². The average molecular weight is 327 g/mol. The number of aromatic nitrogens is 2. The summed E-state index contributed by atoms with van der Waals surface area (Å²) in [6, 6.07) is 8.79. The van der Waals surface area contributed by atoms with Crippen LogP contribution in [0.4, 0.5) is 0 Å². The first kappa shape index (κ1) is 16.4. The number of aliphatic hydroxyl groups excluding tert-OH is 1. The molecule has 0 saturated heterocycles. The smallest absolute Gasteiger partial charge is 0.257 e. The molecule has 0 spiro atoms. The molecule has 1 aliphatic rings. The fourth-order valence-electron chi connectivity index (χ4n) is 2.93. The van der Waals surface area contributed by atoms with Crippen molar-refractivity contribution < 1.29 is 14.6 Å². The van der Waals surface area contributed by atoms with E-state index in [1.54, 1.807) is 24.5 Å². The van der Waals surface area contributed by atoms with Gasteiger partial charge in [0.1, 0.15) is 5.56 Å². The third kappa shape index (κ3) is 3.54. The standard InChI is InChI=1S/C18H21N3O3/c1-2-24-18-14(6-5-9-20-18)17(23)21-16(12-10-13(22)11-12)15-7-3-4-8-19-15/h3-9,12-13,16,22H,2,10-11H2,1H3,(H,21,23)/t12?,13?,16-/m0/s1. The van der Waals surface area contributed by atoms with E-state index < -0.39 is 0 Å². The Morgan fingerprint density at radius 2 is 2.08 bits per heavy atom. The normalized spacial score (nSPS) is 20.8. The van der Waals surface area contributed by atoms with Crippen molar-refractivity contribution in [1.82, 2.24) is 15.3 Å². The van der Waals surface area contributed by atoms with Gasteiger partial charge in [0.15, 0.2) is 0 Å². The number of amides is 1. The van der Waals surface area contributed by atoms with Crippen molar-refractivity contribution in [2.75, 3.05) is 6.61 Å². The number of rotatable bonds is 6. The van der Waals surface area contributed by atoms with E-state index in [0.717, 1.165) is 5.69 Å². The van der Waals surface area contributed by atoms with Gasteiger partial charge in [-0.3, -0.25) is 9.78 Å². The quantitative estimate of drug-likeness (QED) is 0.849. The highest BCUT2D eigenvalue weighted by Crippen LogP contribution is 2.37. The Kier molecular flexibility index (Phi) is 5.05. The van der Waals surface area contributed by atoms with E-state index in [4.69, 9.17) is 4.74 Å². The molecule has 0 aliphatic heterocycles. The van der Waals surface area contributed by atoms with E-state index >= 15 is 0 Å². The lowest BCUT2D eigenvalue weighted by Gasteiger charge is -2.37. The lowest BCUT2D eigenvalue weighted by atomic mass is 9.76. The van der Waals surface area contributed by atoms with Crippen LogP contribution in [0.15, 0.2) is 42.7 Å². The van der Waals surface area contributed by atoms with Crippen molar-refractivity contribution >= 4 is 5.91 Å². The van der Waals surface area contributed by atoms with Gasteiger partial charge in [-0.25, -0.2) is 4.98 Å². The molecule has 2 aromatic heterocycles. The number of hydrogen-bond acceptors (Lipinski definition) is 5. The predicted octanol–water partition coefficient (Wildman–Crippen LogP) is 2.12. The monoisotopic (exact) mass is 327 g/mol. The first-order chi connectivity index (χ1) is 11.7. The van der Waals surface area contributed by atoms with Crippen LogP contribution in [-0.2, 0) is 0 Å². The molecule has 1 aliphatic carbocycles. The molecule has 6 heteroatoms. The Hall–Kier alpha value is -2.47. The fraction of sp³-hybridized carbons (Fsp3) is 0.389. The van der Waals surface area contributed by atoms with E-state index in [1.807, 2.05) is 25.1 Å². The van der Waals surface area contributed by atoms with Crippen molar-refractivity contribution in [2.45, 2.75) is 31.9 Å². The van der Waals surface area contributed by atoms with Crippen LogP contribution in [0.5, 0.6) is 5.88 Å². The summed E-state index contributed by atoms with van der Waals surface area (Å²) < 4.78 is 5.44. The zero-order valence-electron chi connectivity index (χ0n) is 13.6. The molecule has 2 heterocycles. The third-order valence-corrected chi connectivity index (χ3v) is 4.21. The molecule has 0 bridgehead atoms. The van der Waals surface area contributed by atoms with Crippen molar-refractivity contribution in [2.24, 2.45) is 5.92 Å². The van der Waals surface area contributed by atoms with E-state index in [1.165, 1.54) is 0 Å². The topological polar surface area (TPSA) is 84.3 Å². The van der Waals surface area contributed by atoms with Gasteiger partial charge < -0.3 is 15.2 Å². The first-order valence-corrected chi connectivity index (χ1v) is 8.16. The van der Waals surface area contributed by atoms with Crippen LogP contribution >= 0.6 is 0 Å². The molecule has 1 atom stereocenters. The molecule has 126 valence electrons. The minimum Gasteiger partial charge on any atom is -0.477 e. The Balaban J connectivity index is 1.81. The summed E-state index contributed by atoms with van der Waals surface area (Å²) >= 11 is 0. The molecule has 24 heavy (non-hydrogen) atoms. The van der Waals surface area contributed by atoms with Crippen LogP contribution < -0.4 is 10.1 Å². The van der Waals surface area contributed by atoms with Gasteiger partial charge in [0.05, 0.1) is 24.4 Å². The number of aliphatic hydroxyl groups is 1. The minimum atomic E-state index is -0.296. The number of nitrogens with zero attached hydrogens (tertiary/aromatic N) is 2. The second kappa shape index (κ2) is 7.40. The molecule has 6 nitrogen and oxygen atoms in total. The van der Waals surface area contributed by atoms with Gasteiger partial charge in [-0.15, -0.1) is 0 Å². The van der Waals surface area contributed by atoms with E-state index in [0.29, 0.717) is 30.9 Å². The molecular formula is C18H21N3O3. The van der Waals surface area contributed by atoms with Crippen molar-refractivity contribution in [1.29, 1.82) is 0 Å². The van der Waals surface area contributed by atoms with Crippen LogP contribution in [0.25, 0.3) is 0 Å². The predicted molar refractivity (Wildman–Crippen MR) is 88.6 cm³/mol. The summed E-state index contributed by atoms with van der Waals surface area (Å²) in [7, 11) is 0. The number of carbonyl (C=O) groups excluding carboxylic acids is 1. The summed E-state index contributed by atoms with van der Waals surface area (Å²) in [4.78, 5) is 21.2. The number of hydrogen-bond donors (Lipinski definition) is 2. The fourth-order valence-corrected chi connectivity index (χ4v) is 2.93. The Morgan fingerprint density at radius 3 is 2.75 bits per heavy atom. The second-order valence-electron chi connectivity index (χ2n) is 5.88. The lowest BCUT2D eigenvalue weighted by Crippen LogP contribution is -2.41. The van der Waals surface area contributed by atoms with Crippen LogP contribution in [0.1, 0.15) is 41.9 Å². The van der Waals surface area contributed by atoms with Crippen LogP contribution in [0.2, 0.25) is 0 Å². The van der Waals surface area contributed by atoms with Crippen molar-refractivity contribution in [3.05, 3.63) is 54.0 Å². The second-order valence-corrected chi connectivity index (χ2v) is 5.88. The molecular weight excluding hydrogens is 306 g/mol. The highest BCUT2D eigenvalue weighted by atomic mass is 16.5. The molecule has 1 fully saturated rings. The van der Waals surface area contributed by atoms with E-state index in [9.17, 15) is 9.90 Å². The highest BCUT2D eigenvalue weighted by molar-refractivity contribution is 5.96. The number of pyridine rings is 2. The van der Waals surface area contributed by atoms with Gasteiger partial charge in [-0.2, -0.15) is 0 Å². The summed E-state index contributed by atoms with van der Waals surface area (Å²) in [6.45, 7) is 2.29. The molecule has 2 aromatic rings. The molecule has 0 unspecified atom stereocenters. The van der Waals surface area contributed by atoms with Gasteiger partial charge in [0, 0.05) is 12.4 Å². The minimum absolute atomic E-state index is 0.172. The number of ether oxygens (including phenoxy) is 1. The first-order valence-electron chi connectivity index (χ1n) is 8.16. The lowest BCUT2D eigenvalue weighted by molar-refractivity contribution is 0.0228. The number of carbonyl (C=O) groups is 1. The molecule has 2 N–H and O–H groups in total. The molecule has 1 saturated carbocycles. The Morgan fingerprint density at radius 1 is 1.29 bits per heavy atom. The molecule has 1 amide bonds. The van der Waals surface area contributed by atoms with Crippen molar-refractivity contribution in [3.8, 4) is 5.88 Å². The number of nitrogens with one attached hydrogen (secondary N) is 1. The average Bonchev–Trinajstić information content (AvgIpc) is 2.58. The zero-order valence-corrected chi connectivity index (χ0v) is 13.6. The summed E-state index contributed by atoms with van der Waals surface area (Å²) in [5.74, 6) is 0.251. The summed E-state index contributed by atoms with van der Waals surface area (Å²) in [5.41, 5.74) is 1.20. The maximum absolute atomic E-state index is 12.7. The van der Waals surface area contributed by atoms with Crippen LogP contribution in [0, 0.1) is 5.92 Å². The van der Waals surface area contributed by atoms with Crippen LogP contribution in [-0.4, -0.2) is 33.7 Å². The maximum Gasteiger partial charge on any atom is 0.257 e. The van der Waals surface area contributed by atoms with Gasteiger partial charge in [-0.1, -0.05) is 6.07 Å². The summed E-state index contributed by atoms with van der Waals surface area (Å²) in [5, 5.41) is 12.7. The summed E-state index contributed by atoms with van der Waals surface area (Å²) in [6.07, 6.45) is 4.33. The zero-order chi connectivity index (χ0) is 16.9. The van der Waals surface area contributed by atoms with Gasteiger partial charge in [-0.05, 0) is 49.9 Å². The Labute approximate surface area is 140 Å². The third-order valence-electron chi connectivity index (χ3n) is 4.21. The highest BCUT2D eigenvalue weighted by Gasteiger charge is 2.36. The Bertz CT molecular complexity index is 687. The maximum atomic E-state index is 12.7. The van der Waals surface area contributed by atoms with Crippen molar-refractivity contribution in [3.63, 3.8) is 0 Å². The van der Waals surface area contributed by atoms with E-state index in [-0.39, 0.29) is 24.0 Å². The SMILES string of the molecule is CCOc1ncccc1C(=O)N[C@H](c1ccccn1)C1CC(O)C1. The molecule has 0 aromatic carbocycles. The van der Waals surface area contributed by atoms with Gasteiger partial charge in [0.2, 0.25) is 5.88 Å². The van der Waals surface area contributed by atoms with Crippen LogP contribution in [0.3, 0.4) is 0 Å². The molecule has 3 rings (SSSR count). The van der Waals surface area contributed by atoms with E-state index in [2.05, 4.69) is 15.3 Å². The molecule has 0 radical (unpaired) electrons. The van der Waals surface area contributed by atoms with Gasteiger partial charge in [0.25, 0.3) is 5.91 Å². The largest absolute Gasteiger partial charge is 0.477 e.